The number of likely N-dealkylation sites (N-methyl/N-ethyl adjacent to an activating group) is 1. The number of fused-ring (bicyclic) bond motifs is 2. The molecule has 2 aliphatic heterocycles. The number of nitrogens with one attached hydrogen (secondary N) is 1. The van der Waals surface area contributed by atoms with E-state index in [1.807, 2.05) is 0 Å². The van der Waals surface area contributed by atoms with Gasteiger partial charge in [-0.05, 0) is 73.7 Å². The van der Waals surface area contributed by atoms with Gasteiger partial charge in [-0.1, -0.05) is 36.4 Å². The number of anilines is 1. The fourth-order valence-corrected chi connectivity index (χ4v) is 6.98. The predicted molar refractivity (Wildman–Crippen MR) is 165 cm³/mol. The lowest BCUT2D eigenvalue weighted by molar-refractivity contribution is -0.137. The minimum Gasteiger partial charge on any atom is -0.339 e. The number of amides is 3. The Bertz CT molecular complexity index is 1970. The second-order valence-electron chi connectivity index (χ2n) is 12.1. The number of halogens is 4. The Balaban J connectivity index is 1.43. The highest BCUT2D eigenvalue weighted by Gasteiger charge is 2.56. The van der Waals surface area contributed by atoms with Gasteiger partial charge in [0, 0.05) is 29.6 Å². The lowest BCUT2D eigenvalue weighted by Crippen LogP contribution is -2.55. The van der Waals surface area contributed by atoms with Crippen molar-refractivity contribution in [2.45, 2.75) is 50.0 Å². The second-order valence-corrected chi connectivity index (χ2v) is 12.1. The molecule has 3 amide bonds. The van der Waals surface area contributed by atoms with Gasteiger partial charge in [-0.15, -0.1) is 0 Å². The van der Waals surface area contributed by atoms with Crippen LogP contribution in [0.25, 0.3) is 5.69 Å². The SMILES string of the molecule is CCN1C(=O)[C@@H](NC(=O)c2cccc(C(F)(F)F)c2)[C@@H](c2ccc(F)cc2)c2c(C(=O)N3[C@H](C#N)C[C@@H]4C[C@@H]43)nn(-c3ccccc3)c21. The first-order valence-electron chi connectivity index (χ1n) is 15.5. The van der Waals surface area contributed by atoms with Gasteiger partial charge < -0.3 is 10.2 Å². The minimum atomic E-state index is -4.71. The number of nitriles is 1. The molecule has 4 aromatic rings. The summed E-state index contributed by atoms with van der Waals surface area (Å²) in [6, 6.07) is 17.9. The van der Waals surface area contributed by atoms with E-state index in [-0.39, 0.29) is 41.1 Å². The molecular formula is C35H28F4N6O3. The first kappa shape index (κ1) is 31.1. The maximum Gasteiger partial charge on any atom is 0.416 e. The fraction of sp³-hybridized carbons (Fsp3) is 0.286. The molecule has 9 nitrogen and oxygen atoms in total. The van der Waals surface area contributed by atoms with Gasteiger partial charge in [0.1, 0.15) is 23.7 Å². The van der Waals surface area contributed by atoms with E-state index in [4.69, 9.17) is 5.10 Å². The number of hydrogen-bond acceptors (Lipinski definition) is 5. The number of aromatic nitrogens is 2. The zero-order valence-electron chi connectivity index (χ0n) is 25.5. The average molecular weight is 657 g/mol. The third-order valence-electron chi connectivity index (χ3n) is 9.30. The molecule has 0 spiro atoms. The number of likely N-dealkylation sites (tertiary alicyclic amines) is 1. The number of piperidine rings is 1. The summed E-state index contributed by atoms with van der Waals surface area (Å²) in [4.78, 5) is 45.4. The minimum absolute atomic E-state index is 0.0414. The van der Waals surface area contributed by atoms with Crippen LogP contribution in [0.3, 0.4) is 0 Å². The van der Waals surface area contributed by atoms with Crippen molar-refractivity contribution >= 4 is 23.5 Å². The zero-order valence-corrected chi connectivity index (χ0v) is 25.5. The largest absolute Gasteiger partial charge is 0.416 e. The Kier molecular flexibility index (Phi) is 7.53. The van der Waals surface area contributed by atoms with Crippen molar-refractivity contribution in [3.63, 3.8) is 0 Å². The molecular weight excluding hydrogens is 628 g/mol. The quantitative estimate of drug-likeness (QED) is 0.278. The fourth-order valence-electron chi connectivity index (χ4n) is 6.98. The van der Waals surface area contributed by atoms with Crippen molar-refractivity contribution in [3.8, 4) is 11.8 Å². The summed E-state index contributed by atoms with van der Waals surface area (Å²) < 4.78 is 56.3. The number of rotatable bonds is 6. The smallest absolute Gasteiger partial charge is 0.339 e. The van der Waals surface area contributed by atoms with Gasteiger partial charge in [-0.2, -0.15) is 23.5 Å². The van der Waals surface area contributed by atoms with Crippen molar-refractivity contribution in [2.75, 3.05) is 11.4 Å². The number of carbonyl (C=O) groups excluding carboxylic acids is 3. The number of alkyl halides is 3. The zero-order chi connectivity index (χ0) is 33.9. The highest BCUT2D eigenvalue weighted by Crippen LogP contribution is 2.50. The summed E-state index contributed by atoms with van der Waals surface area (Å²) >= 11 is 0. The van der Waals surface area contributed by atoms with Crippen LogP contribution < -0.4 is 10.2 Å². The predicted octanol–water partition coefficient (Wildman–Crippen LogP) is 5.45. The highest BCUT2D eigenvalue weighted by molar-refractivity contribution is 6.08. The Morgan fingerprint density at radius 1 is 1.02 bits per heavy atom. The van der Waals surface area contributed by atoms with E-state index in [1.54, 1.807) is 37.3 Å². The van der Waals surface area contributed by atoms with Crippen LogP contribution in [0.4, 0.5) is 23.4 Å². The summed E-state index contributed by atoms with van der Waals surface area (Å²) in [5.74, 6) is -3.28. The third kappa shape index (κ3) is 5.17. The topological polar surface area (TPSA) is 111 Å². The lowest BCUT2D eigenvalue weighted by atomic mass is 9.80. The summed E-state index contributed by atoms with van der Waals surface area (Å²) in [5, 5.41) is 17.3. The standard InChI is InChI=1S/C35H28F4N6O3/c1-2-43-32-28(30(42-45(32)24-9-4-3-5-10-24)34(48)44-25(18-40)16-21-17-26(21)44)27(19-11-13-23(36)14-12-19)29(33(43)47)41-31(46)20-7-6-8-22(15-20)35(37,38)39/h3-15,21,25-27,29H,2,16-17H2,1H3,(H,41,46)/t21-,25+,26+,27+,29+/m1/s1. The molecule has 1 aromatic heterocycles. The van der Waals surface area contributed by atoms with Gasteiger partial charge >= 0.3 is 6.18 Å². The van der Waals surface area contributed by atoms with Crippen LogP contribution in [0.1, 0.15) is 63.2 Å². The molecule has 0 unspecified atom stereocenters. The van der Waals surface area contributed by atoms with Crippen LogP contribution in [0.15, 0.2) is 78.9 Å². The average Bonchev–Trinajstić information content (AvgIpc) is 3.58. The molecule has 3 heterocycles. The second kappa shape index (κ2) is 11.6. The molecule has 1 saturated heterocycles. The van der Waals surface area contributed by atoms with Crippen molar-refractivity contribution in [1.82, 2.24) is 20.0 Å². The Labute approximate surface area is 272 Å². The summed E-state index contributed by atoms with van der Waals surface area (Å²) in [7, 11) is 0. The number of benzene rings is 3. The molecule has 0 bridgehead atoms. The van der Waals surface area contributed by atoms with E-state index in [1.165, 1.54) is 44.8 Å². The normalized spacial score (nSPS) is 22.9. The van der Waals surface area contributed by atoms with E-state index in [0.717, 1.165) is 18.6 Å². The maximum atomic E-state index is 14.5. The molecule has 7 rings (SSSR count). The number of hydrogen-bond donors (Lipinski definition) is 1. The molecule has 0 radical (unpaired) electrons. The Morgan fingerprint density at radius 3 is 2.42 bits per heavy atom. The van der Waals surface area contributed by atoms with Crippen LogP contribution >= 0.6 is 0 Å². The van der Waals surface area contributed by atoms with Gasteiger partial charge in [0.25, 0.3) is 17.7 Å². The van der Waals surface area contributed by atoms with Crippen molar-refractivity contribution < 1.29 is 31.9 Å². The van der Waals surface area contributed by atoms with Crippen LogP contribution in [-0.4, -0.2) is 57.1 Å². The highest BCUT2D eigenvalue weighted by atomic mass is 19.4. The van der Waals surface area contributed by atoms with E-state index < -0.39 is 53.3 Å². The molecule has 48 heavy (non-hydrogen) atoms. The summed E-state index contributed by atoms with van der Waals surface area (Å²) in [5.41, 5.74) is -0.237. The van der Waals surface area contributed by atoms with E-state index in [0.29, 0.717) is 23.7 Å². The van der Waals surface area contributed by atoms with Crippen LogP contribution in [-0.2, 0) is 11.0 Å². The molecule has 5 atom stereocenters. The van der Waals surface area contributed by atoms with E-state index in [9.17, 15) is 37.2 Å². The molecule has 244 valence electrons. The molecule has 1 N–H and O–H groups in total. The molecule has 3 aromatic carbocycles. The molecule has 1 saturated carbocycles. The van der Waals surface area contributed by atoms with Gasteiger partial charge in [0.05, 0.1) is 17.3 Å². The van der Waals surface area contributed by atoms with E-state index in [2.05, 4.69) is 11.4 Å². The first-order valence-corrected chi connectivity index (χ1v) is 15.5. The van der Waals surface area contributed by atoms with Crippen molar-refractivity contribution in [1.29, 1.82) is 5.26 Å². The van der Waals surface area contributed by atoms with Gasteiger partial charge in [0.15, 0.2) is 5.69 Å². The number of nitrogens with zero attached hydrogens (tertiary/aromatic N) is 5. The van der Waals surface area contributed by atoms with Crippen LogP contribution in [0.2, 0.25) is 0 Å². The monoisotopic (exact) mass is 656 g/mol. The Hall–Kier alpha value is -5.51. The van der Waals surface area contributed by atoms with Crippen molar-refractivity contribution in [3.05, 3.63) is 113 Å². The first-order chi connectivity index (χ1) is 23.0. The number of para-hydroxylation sites is 1. The van der Waals surface area contributed by atoms with Crippen LogP contribution in [0, 0.1) is 23.1 Å². The maximum absolute atomic E-state index is 14.5. The Morgan fingerprint density at radius 2 is 1.75 bits per heavy atom. The van der Waals surface area contributed by atoms with Crippen LogP contribution in [0.5, 0.6) is 0 Å². The molecule has 1 aliphatic carbocycles. The van der Waals surface area contributed by atoms with Gasteiger partial charge in [-0.25, -0.2) is 9.07 Å². The van der Waals surface area contributed by atoms with Gasteiger partial charge in [0.2, 0.25) is 0 Å². The summed E-state index contributed by atoms with van der Waals surface area (Å²) in [6.45, 7) is 1.79. The third-order valence-corrected chi connectivity index (χ3v) is 9.30. The summed E-state index contributed by atoms with van der Waals surface area (Å²) in [6.07, 6.45) is -3.42. The van der Waals surface area contributed by atoms with E-state index >= 15 is 0 Å². The molecule has 13 heteroatoms. The van der Waals surface area contributed by atoms with Gasteiger partial charge in [-0.3, -0.25) is 19.3 Å². The number of carbonyl (C=O) groups is 3. The lowest BCUT2D eigenvalue weighted by Gasteiger charge is -2.38. The van der Waals surface area contributed by atoms with Crippen molar-refractivity contribution in [2.24, 2.45) is 5.92 Å². The molecule has 2 fully saturated rings. The molecule has 3 aliphatic rings.